The van der Waals surface area contributed by atoms with Gasteiger partial charge in [0.15, 0.2) is 0 Å². The van der Waals surface area contributed by atoms with E-state index in [1.54, 1.807) is 4.90 Å². The summed E-state index contributed by atoms with van der Waals surface area (Å²) in [5.41, 5.74) is 0.853. The van der Waals surface area contributed by atoms with Crippen molar-refractivity contribution in [2.24, 2.45) is 0 Å². The van der Waals surface area contributed by atoms with Crippen molar-refractivity contribution in [3.05, 3.63) is 24.3 Å². The number of carbonyl (C=O) groups excluding carboxylic acids is 1. The average Bonchev–Trinajstić information content (AvgIpc) is 2.59. The lowest BCUT2D eigenvalue weighted by molar-refractivity contribution is -0.117. The number of benzene rings is 1. The predicted molar refractivity (Wildman–Crippen MR) is 67.4 cm³/mol. The zero-order valence-corrected chi connectivity index (χ0v) is 10.1. The standard InChI is InChI=1S/C12H15NO2S/c1-2-15-11-6-4-3-5-10(11)13-8-9(16)7-12(13)14/h3-6,9,16H,2,7-8H2,1H3. The molecule has 1 amide bonds. The maximum absolute atomic E-state index is 11.8. The number of ether oxygens (including phenoxy) is 1. The molecule has 1 atom stereocenters. The van der Waals surface area contributed by atoms with Crippen molar-refractivity contribution < 1.29 is 9.53 Å². The van der Waals surface area contributed by atoms with Gasteiger partial charge in [-0.1, -0.05) is 12.1 Å². The Balaban J connectivity index is 2.29. The summed E-state index contributed by atoms with van der Waals surface area (Å²) in [4.78, 5) is 13.5. The van der Waals surface area contributed by atoms with Crippen LogP contribution in [0.15, 0.2) is 24.3 Å². The number of hydrogen-bond acceptors (Lipinski definition) is 3. The SMILES string of the molecule is CCOc1ccccc1N1CC(S)CC1=O. The van der Waals surface area contributed by atoms with E-state index >= 15 is 0 Å². The summed E-state index contributed by atoms with van der Waals surface area (Å²) in [6.07, 6.45) is 0.504. The molecule has 1 aromatic carbocycles. The molecule has 1 unspecified atom stereocenters. The van der Waals surface area contributed by atoms with Crippen LogP contribution in [0.3, 0.4) is 0 Å². The van der Waals surface area contributed by atoms with Gasteiger partial charge in [0.2, 0.25) is 5.91 Å². The third-order valence-corrected chi connectivity index (χ3v) is 2.91. The Kier molecular flexibility index (Phi) is 3.39. The van der Waals surface area contributed by atoms with E-state index < -0.39 is 0 Å². The fraction of sp³-hybridized carbons (Fsp3) is 0.417. The second kappa shape index (κ2) is 4.78. The van der Waals surface area contributed by atoms with Crippen molar-refractivity contribution >= 4 is 24.2 Å². The van der Waals surface area contributed by atoms with Crippen molar-refractivity contribution in [2.45, 2.75) is 18.6 Å². The van der Waals surface area contributed by atoms with Crippen LogP contribution in [0.25, 0.3) is 0 Å². The number of hydrogen-bond donors (Lipinski definition) is 1. The van der Waals surface area contributed by atoms with Crippen LogP contribution >= 0.6 is 12.6 Å². The summed E-state index contributed by atoms with van der Waals surface area (Å²) in [6, 6.07) is 7.62. The molecule has 0 aromatic heterocycles. The first kappa shape index (κ1) is 11.3. The molecule has 0 N–H and O–H groups in total. The lowest BCUT2D eigenvalue weighted by Gasteiger charge is -2.19. The van der Waals surface area contributed by atoms with E-state index in [0.717, 1.165) is 11.4 Å². The summed E-state index contributed by atoms with van der Waals surface area (Å²) in [6.45, 7) is 3.19. The molecule has 0 aliphatic carbocycles. The minimum atomic E-state index is 0.118. The van der Waals surface area contributed by atoms with E-state index in [2.05, 4.69) is 12.6 Å². The summed E-state index contributed by atoms with van der Waals surface area (Å²) in [5, 5.41) is 0.127. The van der Waals surface area contributed by atoms with Crippen molar-refractivity contribution in [2.75, 3.05) is 18.1 Å². The van der Waals surface area contributed by atoms with Gasteiger partial charge >= 0.3 is 0 Å². The number of thiol groups is 1. The molecule has 1 fully saturated rings. The molecule has 0 saturated carbocycles. The molecule has 3 nitrogen and oxygen atoms in total. The normalized spacial score (nSPS) is 20.2. The van der Waals surface area contributed by atoms with Crippen molar-refractivity contribution in [3.8, 4) is 5.75 Å². The van der Waals surface area contributed by atoms with Crippen molar-refractivity contribution in [3.63, 3.8) is 0 Å². The van der Waals surface area contributed by atoms with Gasteiger partial charge in [-0.3, -0.25) is 4.79 Å². The van der Waals surface area contributed by atoms with Gasteiger partial charge in [0.25, 0.3) is 0 Å². The molecule has 2 rings (SSSR count). The van der Waals surface area contributed by atoms with Crippen LogP contribution in [0.4, 0.5) is 5.69 Å². The Hall–Kier alpha value is -1.16. The van der Waals surface area contributed by atoms with E-state index in [1.165, 1.54) is 0 Å². The molecule has 4 heteroatoms. The highest BCUT2D eigenvalue weighted by molar-refractivity contribution is 7.81. The molecule has 1 aromatic rings. The van der Waals surface area contributed by atoms with Gasteiger partial charge in [0.1, 0.15) is 5.75 Å². The largest absolute Gasteiger partial charge is 0.492 e. The lowest BCUT2D eigenvalue weighted by Crippen LogP contribution is -2.25. The van der Waals surface area contributed by atoms with E-state index in [-0.39, 0.29) is 11.2 Å². The summed E-state index contributed by atoms with van der Waals surface area (Å²) in [7, 11) is 0. The molecule has 1 aliphatic heterocycles. The monoisotopic (exact) mass is 237 g/mol. The van der Waals surface area contributed by atoms with Gasteiger partial charge in [-0.2, -0.15) is 12.6 Å². The molecule has 0 spiro atoms. The van der Waals surface area contributed by atoms with Gasteiger partial charge in [0.05, 0.1) is 12.3 Å². The number of carbonyl (C=O) groups is 1. The first-order chi connectivity index (χ1) is 7.72. The Morgan fingerprint density at radius 2 is 2.25 bits per heavy atom. The Bertz CT molecular complexity index is 394. The van der Waals surface area contributed by atoms with Gasteiger partial charge in [-0.15, -0.1) is 0 Å². The van der Waals surface area contributed by atoms with Gasteiger partial charge < -0.3 is 9.64 Å². The molecular formula is C12H15NO2S. The smallest absolute Gasteiger partial charge is 0.228 e. The van der Waals surface area contributed by atoms with E-state index in [4.69, 9.17) is 4.74 Å². The highest BCUT2D eigenvalue weighted by Crippen LogP contribution is 2.32. The van der Waals surface area contributed by atoms with Crippen molar-refractivity contribution in [1.82, 2.24) is 0 Å². The van der Waals surface area contributed by atoms with Crippen LogP contribution < -0.4 is 9.64 Å². The molecule has 0 radical (unpaired) electrons. The van der Waals surface area contributed by atoms with E-state index in [9.17, 15) is 4.79 Å². The quantitative estimate of drug-likeness (QED) is 0.816. The second-order valence-electron chi connectivity index (χ2n) is 3.76. The summed E-state index contributed by atoms with van der Waals surface area (Å²) in [5.74, 6) is 0.882. The minimum absolute atomic E-state index is 0.118. The third-order valence-electron chi connectivity index (χ3n) is 2.56. The zero-order valence-electron chi connectivity index (χ0n) is 9.22. The van der Waals surface area contributed by atoms with E-state index in [0.29, 0.717) is 19.6 Å². The number of rotatable bonds is 3. The third kappa shape index (κ3) is 2.16. The van der Waals surface area contributed by atoms with Gasteiger partial charge in [-0.25, -0.2) is 0 Å². The molecular weight excluding hydrogens is 222 g/mol. The number of nitrogens with zero attached hydrogens (tertiary/aromatic N) is 1. The van der Waals surface area contributed by atoms with Crippen LogP contribution in [-0.2, 0) is 4.79 Å². The average molecular weight is 237 g/mol. The molecule has 1 heterocycles. The number of anilines is 1. The van der Waals surface area contributed by atoms with Gasteiger partial charge in [-0.05, 0) is 19.1 Å². The Morgan fingerprint density at radius 3 is 2.88 bits per heavy atom. The molecule has 86 valence electrons. The number of amides is 1. The van der Waals surface area contributed by atoms with Crippen molar-refractivity contribution in [1.29, 1.82) is 0 Å². The van der Waals surface area contributed by atoms with Gasteiger partial charge in [0, 0.05) is 18.2 Å². The fourth-order valence-electron chi connectivity index (χ4n) is 1.88. The van der Waals surface area contributed by atoms with Crippen LogP contribution in [0.5, 0.6) is 5.75 Å². The van der Waals surface area contributed by atoms with E-state index in [1.807, 2.05) is 31.2 Å². The topological polar surface area (TPSA) is 29.5 Å². The van der Waals surface area contributed by atoms with Crippen LogP contribution in [0.2, 0.25) is 0 Å². The Labute approximate surface area is 101 Å². The first-order valence-electron chi connectivity index (χ1n) is 5.42. The maximum Gasteiger partial charge on any atom is 0.228 e. The molecule has 0 bridgehead atoms. The first-order valence-corrected chi connectivity index (χ1v) is 5.94. The fourth-order valence-corrected chi connectivity index (χ4v) is 2.20. The molecule has 1 saturated heterocycles. The summed E-state index contributed by atoms with van der Waals surface area (Å²) < 4.78 is 5.51. The number of para-hydroxylation sites is 2. The highest BCUT2D eigenvalue weighted by Gasteiger charge is 2.29. The predicted octanol–water partition coefficient (Wildman–Crippen LogP) is 2.12. The van der Waals surface area contributed by atoms with Crippen LogP contribution in [-0.4, -0.2) is 24.3 Å². The Morgan fingerprint density at radius 1 is 1.50 bits per heavy atom. The molecule has 1 aliphatic rings. The second-order valence-corrected chi connectivity index (χ2v) is 4.49. The van der Waals surface area contributed by atoms with Crippen LogP contribution in [0, 0.1) is 0 Å². The summed E-state index contributed by atoms with van der Waals surface area (Å²) >= 11 is 4.34. The maximum atomic E-state index is 11.8. The lowest BCUT2D eigenvalue weighted by atomic mass is 10.2. The highest BCUT2D eigenvalue weighted by atomic mass is 32.1. The zero-order chi connectivity index (χ0) is 11.5. The minimum Gasteiger partial charge on any atom is -0.492 e. The van der Waals surface area contributed by atoms with Crippen LogP contribution in [0.1, 0.15) is 13.3 Å². The molecule has 16 heavy (non-hydrogen) atoms.